The van der Waals surface area contributed by atoms with E-state index in [4.69, 9.17) is 4.74 Å². The Morgan fingerprint density at radius 3 is 2.23 bits per heavy atom. The van der Waals surface area contributed by atoms with Crippen molar-refractivity contribution in [2.45, 2.75) is 45.0 Å². The number of hydrogen-bond acceptors (Lipinski definition) is 3. The van der Waals surface area contributed by atoms with E-state index in [1.54, 1.807) is 18.7 Å². The molecule has 1 fully saturated rings. The summed E-state index contributed by atoms with van der Waals surface area (Å²) in [4.78, 5) is 25.4. The normalized spacial score (nSPS) is 15.7. The predicted octanol–water partition coefficient (Wildman–Crippen LogP) is 3.84. The van der Waals surface area contributed by atoms with Crippen molar-refractivity contribution in [3.05, 3.63) is 29.8 Å². The summed E-state index contributed by atoms with van der Waals surface area (Å²) in [5.41, 5.74) is -0.502. The third kappa shape index (κ3) is 5.82. The summed E-state index contributed by atoms with van der Waals surface area (Å²) < 4.78 is 42.7. The Morgan fingerprint density at radius 1 is 1.15 bits per heavy atom. The lowest BCUT2D eigenvalue weighted by atomic mass is 10.1. The lowest BCUT2D eigenvalue weighted by Crippen LogP contribution is -2.48. The zero-order valence-electron chi connectivity index (χ0n) is 14.6. The first-order valence-corrected chi connectivity index (χ1v) is 8.35. The second-order valence-electron chi connectivity index (χ2n) is 6.37. The Balaban J connectivity index is 1.78. The summed E-state index contributed by atoms with van der Waals surface area (Å²) in [7, 11) is 0. The van der Waals surface area contributed by atoms with Gasteiger partial charge in [-0.05, 0) is 51.0 Å². The summed E-state index contributed by atoms with van der Waals surface area (Å²) in [5, 5.41) is 5.27. The molecule has 0 saturated carbocycles. The highest BCUT2D eigenvalue weighted by atomic mass is 19.4. The Hall–Kier alpha value is -2.45. The largest absolute Gasteiger partial charge is 0.447 e. The van der Waals surface area contributed by atoms with E-state index >= 15 is 0 Å². The van der Waals surface area contributed by atoms with Gasteiger partial charge in [-0.2, -0.15) is 13.2 Å². The molecule has 0 atom stereocenters. The SMILES string of the molecule is CC(C)OC(=O)N1CCC(NC(=O)Nc2ccc(C(F)(F)F)cc2)CC1. The molecule has 0 aromatic heterocycles. The average molecular weight is 373 g/mol. The Morgan fingerprint density at radius 2 is 1.73 bits per heavy atom. The number of amides is 3. The summed E-state index contributed by atoms with van der Waals surface area (Å²) in [6.45, 7) is 4.49. The van der Waals surface area contributed by atoms with Crippen LogP contribution in [-0.4, -0.2) is 42.3 Å². The molecule has 2 N–H and O–H groups in total. The lowest BCUT2D eigenvalue weighted by molar-refractivity contribution is -0.137. The van der Waals surface area contributed by atoms with Crippen LogP contribution < -0.4 is 10.6 Å². The van der Waals surface area contributed by atoms with Gasteiger partial charge in [0, 0.05) is 24.8 Å². The molecule has 9 heteroatoms. The first-order chi connectivity index (χ1) is 12.1. The Bertz CT molecular complexity index is 624. The number of rotatable bonds is 3. The van der Waals surface area contributed by atoms with Crippen LogP contribution in [-0.2, 0) is 10.9 Å². The molecule has 0 spiro atoms. The number of likely N-dealkylation sites (tertiary alicyclic amines) is 1. The van der Waals surface area contributed by atoms with Crippen molar-refractivity contribution < 1.29 is 27.5 Å². The van der Waals surface area contributed by atoms with E-state index in [2.05, 4.69) is 10.6 Å². The van der Waals surface area contributed by atoms with Crippen LogP contribution >= 0.6 is 0 Å². The topological polar surface area (TPSA) is 70.7 Å². The summed E-state index contributed by atoms with van der Waals surface area (Å²) in [6.07, 6.45) is -3.81. The van der Waals surface area contributed by atoms with Gasteiger partial charge in [0.25, 0.3) is 0 Å². The summed E-state index contributed by atoms with van der Waals surface area (Å²) >= 11 is 0. The van der Waals surface area contributed by atoms with Crippen LogP contribution in [0.25, 0.3) is 0 Å². The monoisotopic (exact) mass is 373 g/mol. The van der Waals surface area contributed by atoms with Gasteiger partial charge < -0.3 is 20.3 Å². The number of halogens is 3. The standard InChI is InChI=1S/C17H22F3N3O3/c1-11(2)26-16(25)23-9-7-14(8-10-23)22-15(24)21-13-5-3-12(4-6-13)17(18,19)20/h3-6,11,14H,7-10H2,1-2H3,(H2,21,22,24). The van der Waals surface area contributed by atoms with Crippen LogP contribution in [0, 0.1) is 0 Å². The van der Waals surface area contributed by atoms with Crippen LogP contribution in [0.2, 0.25) is 0 Å². The van der Waals surface area contributed by atoms with Crippen molar-refractivity contribution in [2.75, 3.05) is 18.4 Å². The zero-order valence-corrected chi connectivity index (χ0v) is 14.6. The molecule has 2 rings (SSSR count). The molecule has 0 bridgehead atoms. The molecule has 144 valence electrons. The fourth-order valence-electron chi connectivity index (χ4n) is 2.58. The molecule has 26 heavy (non-hydrogen) atoms. The first kappa shape index (κ1) is 19.9. The molecule has 1 aromatic carbocycles. The van der Waals surface area contributed by atoms with E-state index in [0.29, 0.717) is 25.9 Å². The maximum absolute atomic E-state index is 12.5. The van der Waals surface area contributed by atoms with Crippen molar-refractivity contribution in [3.63, 3.8) is 0 Å². The first-order valence-electron chi connectivity index (χ1n) is 8.35. The predicted molar refractivity (Wildman–Crippen MR) is 89.8 cm³/mol. The number of alkyl halides is 3. The van der Waals surface area contributed by atoms with Crippen LogP contribution in [0.4, 0.5) is 28.4 Å². The molecule has 0 radical (unpaired) electrons. The van der Waals surface area contributed by atoms with Crippen molar-refractivity contribution in [1.29, 1.82) is 0 Å². The van der Waals surface area contributed by atoms with Crippen LogP contribution in [0.1, 0.15) is 32.3 Å². The number of hydrogen-bond donors (Lipinski definition) is 2. The van der Waals surface area contributed by atoms with Crippen LogP contribution in [0.15, 0.2) is 24.3 Å². The fourth-order valence-corrected chi connectivity index (χ4v) is 2.58. The minimum atomic E-state index is -4.41. The highest BCUT2D eigenvalue weighted by molar-refractivity contribution is 5.89. The zero-order chi connectivity index (χ0) is 19.3. The number of ether oxygens (including phenoxy) is 1. The molecule has 1 aliphatic rings. The van der Waals surface area contributed by atoms with Gasteiger partial charge >= 0.3 is 18.3 Å². The number of nitrogens with zero attached hydrogens (tertiary/aromatic N) is 1. The Kier molecular flexibility index (Phi) is 6.33. The molecule has 1 aromatic rings. The van der Waals surface area contributed by atoms with Gasteiger partial charge in [0.2, 0.25) is 0 Å². The summed E-state index contributed by atoms with van der Waals surface area (Å²) in [6, 6.07) is 3.61. The van der Waals surface area contributed by atoms with E-state index in [0.717, 1.165) is 12.1 Å². The maximum atomic E-state index is 12.5. The number of nitrogens with one attached hydrogen (secondary N) is 2. The number of anilines is 1. The quantitative estimate of drug-likeness (QED) is 0.846. The van der Waals surface area contributed by atoms with E-state index in [-0.39, 0.29) is 23.9 Å². The van der Waals surface area contributed by atoms with Crippen molar-refractivity contribution in [1.82, 2.24) is 10.2 Å². The third-order valence-electron chi connectivity index (χ3n) is 3.89. The van der Waals surface area contributed by atoms with E-state index in [9.17, 15) is 22.8 Å². The van der Waals surface area contributed by atoms with Gasteiger partial charge in [0.15, 0.2) is 0 Å². The van der Waals surface area contributed by atoms with Crippen LogP contribution in [0.3, 0.4) is 0 Å². The number of carbonyl (C=O) groups excluding carboxylic acids is 2. The highest BCUT2D eigenvalue weighted by Crippen LogP contribution is 2.29. The van der Waals surface area contributed by atoms with Gasteiger partial charge in [-0.1, -0.05) is 0 Å². The van der Waals surface area contributed by atoms with Gasteiger partial charge in [0.1, 0.15) is 0 Å². The van der Waals surface area contributed by atoms with E-state index in [1.807, 2.05) is 0 Å². The molecule has 1 heterocycles. The van der Waals surface area contributed by atoms with Gasteiger partial charge in [-0.25, -0.2) is 9.59 Å². The molecule has 0 aliphatic carbocycles. The number of piperidine rings is 1. The molecule has 6 nitrogen and oxygen atoms in total. The number of carbonyl (C=O) groups is 2. The lowest BCUT2D eigenvalue weighted by Gasteiger charge is -2.32. The third-order valence-corrected chi connectivity index (χ3v) is 3.89. The average Bonchev–Trinajstić information content (AvgIpc) is 2.54. The number of benzene rings is 1. The van der Waals surface area contributed by atoms with Crippen molar-refractivity contribution in [3.8, 4) is 0 Å². The van der Waals surface area contributed by atoms with Crippen molar-refractivity contribution in [2.24, 2.45) is 0 Å². The van der Waals surface area contributed by atoms with E-state index in [1.165, 1.54) is 12.1 Å². The summed E-state index contributed by atoms with van der Waals surface area (Å²) in [5.74, 6) is 0. The molecule has 0 unspecified atom stereocenters. The van der Waals surface area contributed by atoms with Gasteiger partial charge in [0.05, 0.1) is 11.7 Å². The molecular weight excluding hydrogens is 351 g/mol. The minimum absolute atomic E-state index is 0.118. The van der Waals surface area contributed by atoms with E-state index < -0.39 is 17.8 Å². The van der Waals surface area contributed by atoms with Gasteiger partial charge in [-0.3, -0.25) is 0 Å². The highest BCUT2D eigenvalue weighted by Gasteiger charge is 2.30. The van der Waals surface area contributed by atoms with Crippen LogP contribution in [0.5, 0.6) is 0 Å². The Labute approximate surface area is 149 Å². The molecular formula is C17H22F3N3O3. The molecule has 3 amide bonds. The minimum Gasteiger partial charge on any atom is -0.447 e. The molecule has 1 aliphatic heterocycles. The fraction of sp³-hybridized carbons (Fsp3) is 0.529. The van der Waals surface area contributed by atoms with Crippen molar-refractivity contribution >= 4 is 17.8 Å². The number of urea groups is 1. The van der Waals surface area contributed by atoms with Gasteiger partial charge in [-0.15, -0.1) is 0 Å². The smallest absolute Gasteiger partial charge is 0.416 e. The molecule has 1 saturated heterocycles. The maximum Gasteiger partial charge on any atom is 0.416 e. The second kappa shape index (κ2) is 8.29. The second-order valence-corrected chi connectivity index (χ2v) is 6.37.